The molecule has 176 valence electrons. The minimum absolute atomic E-state index is 0.106. The van der Waals surface area contributed by atoms with E-state index in [1.165, 1.54) is 0 Å². The standard InChI is InChI=1S/C25H28N6O3/c1-4-9-26-20-14-31(15-24(20)34-25-13-27-17-7-5-6-8-18(17)29-25)21-12-28-30-19-11-23(33-3)22(32-2)10-16(19)21/h5-8,10-13,20,24,26H,4,9,14-15H2,1-3H3. The van der Waals surface area contributed by atoms with Crippen LogP contribution in [0.4, 0.5) is 5.69 Å². The molecule has 0 saturated carbocycles. The van der Waals surface area contributed by atoms with E-state index in [0.717, 1.165) is 47.1 Å². The zero-order valence-corrected chi connectivity index (χ0v) is 19.6. The minimum Gasteiger partial charge on any atom is -0.493 e. The summed E-state index contributed by atoms with van der Waals surface area (Å²) in [6.45, 7) is 4.50. The molecule has 2 aromatic carbocycles. The number of para-hydroxylation sites is 2. The van der Waals surface area contributed by atoms with Crippen LogP contribution in [0.2, 0.25) is 0 Å². The Balaban J connectivity index is 1.45. The van der Waals surface area contributed by atoms with E-state index >= 15 is 0 Å². The van der Waals surface area contributed by atoms with Crippen LogP contribution in [0.3, 0.4) is 0 Å². The van der Waals surface area contributed by atoms with Gasteiger partial charge in [0.1, 0.15) is 6.10 Å². The summed E-state index contributed by atoms with van der Waals surface area (Å²) in [6.07, 6.45) is 4.42. The predicted molar refractivity (Wildman–Crippen MR) is 131 cm³/mol. The highest BCUT2D eigenvalue weighted by Crippen LogP contribution is 2.36. The molecule has 9 heteroatoms. The van der Waals surface area contributed by atoms with E-state index in [1.807, 2.05) is 36.4 Å². The number of hydrogen-bond acceptors (Lipinski definition) is 9. The molecule has 1 aliphatic heterocycles. The lowest BCUT2D eigenvalue weighted by atomic mass is 10.1. The van der Waals surface area contributed by atoms with Gasteiger partial charge in [0.05, 0.1) is 61.4 Å². The predicted octanol–water partition coefficient (Wildman–Crippen LogP) is 3.23. The molecule has 1 fully saturated rings. The number of aromatic nitrogens is 4. The molecule has 1 aliphatic rings. The van der Waals surface area contributed by atoms with Crippen LogP contribution in [0.25, 0.3) is 21.9 Å². The lowest BCUT2D eigenvalue weighted by Crippen LogP contribution is -2.42. The summed E-state index contributed by atoms with van der Waals surface area (Å²) in [6, 6.07) is 11.7. The third-order valence-corrected chi connectivity index (χ3v) is 6.09. The molecule has 1 N–H and O–H groups in total. The number of rotatable bonds is 8. The van der Waals surface area contributed by atoms with Gasteiger partial charge in [-0.3, -0.25) is 0 Å². The first-order valence-electron chi connectivity index (χ1n) is 11.4. The van der Waals surface area contributed by atoms with E-state index in [9.17, 15) is 0 Å². The maximum Gasteiger partial charge on any atom is 0.233 e. The highest BCUT2D eigenvalue weighted by atomic mass is 16.5. The van der Waals surface area contributed by atoms with Crippen molar-refractivity contribution >= 4 is 27.6 Å². The minimum atomic E-state index is -0.106. The summed E-state index contributed by atoms with van der Waals surface area (Å²) in [7, 11) is 3.25. The average Bonchev–Trinajstić information content (AvgIpc) is 3.28. The Kier molecular flexibility index (Phi) is 6.27. The van der Waals surface area contributed by atoms with Gasteiger partial charge in [-0.2, -0.15) is 10.2 Å². The lowest BCUT2D eigenvalue weighted by Gasteiger charge is -2.20. The first-order chi connectivity index (χ1) is 16.7. The number of nitrogens with zero attached hydrogens (tertiary/aromatic N) is 5. The largest absolute Gasteiger partial charge is 0.493 e. The fraction of sp³-hybridized carbons (Fsp3) is 0.360. The first-order valence-corrected chi connectivity index (χ1v) is 11.4. The molecule has 0 radical (unpaired) electrons. The van der Waals surface area contributed by atoms with E-state index in [4.69, 9.17) is 14.2 Å². The highest BCUT2D eigenvalue weighted by molar-refractivity contribution is 5.93. The molecule has 2 unspecified atom stereocenters. The summed E-state index contributed by atoms with van der Waals surface area (Å²) < 4.78 is 17.3. The summed E-state index contributed by atoms with van der Waals surface area (Å²) in [4.78, 5) is 11.4. The Morgan fingerprint density at radius 2 is 1.79 bits per heavy atom. The van der Waals surface area contributed by atoms with Gasteiger partial charge in [-0.25, -0.2) is 9.97 Å². The van der Waals surface area contributed by atoms with Crippen molar-refractivity contribution in [2.75, 3.05) is 38.8 Å². The molecule has 5 rings (SSSR count). The number of benzene rings is 2. The van der Waals surface area contributed by atoms with Crippen molar-refractivity contribution in [2.45, 2.75) is 25.5 Å². The fourth-order valence-corrected chi connectivity index (χ4v) is 4.39. The van der Waals surface area contributed by atoms with Crippen LogP contribution in [-0.4, -0.2) is 66.2 Å². The molecule has 3 heterocycles. The van der Waals surface area contributed by atoms with Crippen molar-refractivity contribution in [1.29, 1.82) is 0 Å². The number of ether oxygens (including phenoxy) is 3. The maximum atomic E-state index is 6.38. The second-order valence-corrected chi connectivity index (χ2v) is 8.27. The Labute approximate surface area is 198 Å². The Morgan fingerprint density at radius 1 is 1.00 bits per heavy atom. The van der Waals surface area contributed by atoms with E-state index in [0.29, 0.717) is 23.9 Å². The second kappa shape index (κ2) is 9.64. The summed E-state index contributed by atoms with van der Waals surface area (Å²) in [5, 5.41) is 13.1. The topological polar surface area (TPSA) is 94.5 Å². The number of anilines is 1. The summed E-state index contributed by atoms with van der Waals surface area (Å²) in [5.41, 5.74) is 3.39. The molecule has 34 heavy (non-hydrogen) atoms. The molecule has 0 amide bonds. The molecule has 0 spiro atoms. The zero-order chi connectivity index (χ0) is 23.5. The van der Waals surface area contributed by atoms with Gasteiger partial charge in [0, 0.05) is 18.0 Å². The summed E-state index contributed by atoms with van der Waals surface area (Å²) >= 11 is 0. The van der Waals surface area contributed by atoms with Gasteiger partial charge in [-0.1, -0.05) is 19.1 Å². The summed E-state index contributed by atoms with van der Waals surface area (Å²) in [5.74, 6) is 1.81. The molecule has 4 aromatic rings. The molecule has 2 atom stereocenters. The second-order valence-electron chi connectivity index (χ2n) is 8.27. The number of methoxy groups -OCH3 is 2. The molecular formula is C25H28N6O3. The zero-order valence-electron chi connectivity index (χ0n) is 19.6. The fourth-order valence-electron chi connectivity index (χ4n) is 4.39. The van der Waals surface area contributed by atoms with Gasteiger partial charge in [0.2, 0.25) is 5.88 Å². The maximum absolute atomic E-state index is 6.38. The lowest BCUT2D eigenvalue weighted by molar-refractivity contribution is 0.182. The monoisotopic (exact) mass is 460 g/mol. The number of fused-ring (bicyclic) bond motifs is 2. The van der Waals surface area contributed by atoms with Crippen LogP contribution in [0, 0.1) is 0 Å². The SMILES string of the molecule is CCCNC1CN(c2cnnc3cc(OC)c(OC)cc23)CC1Oc1cnc2ccccc2n1. The molecule has 0 aliphatic carbocycles. The van der Waals surface area contributed by atoms with Crippen LogP contribution >= 0.6 is 0 Å². The van der Waals surface area contributed by atoms with Crippen molar-refractivity contribution in [1.82, 2.24) is 25.5 Å². The van der Waals surface area contributed by atoms with Crippen LogP contribution in [-0.2, 0) is 0 Å². The molecule has 9 nitrogen and oxygen atoms in total. The van der Waals surface area contributed by atoms with Gasteiger partial charge < -0.3 is 24.4 Å². The quantitative estimate of drug-likeness (QED) is 0.425. The average molecular weight is 461 g/mol. The molecule has 1 saturated heterocycles. The smallest absolute Gasteiger partial charge is 0.233 e. The molecular weight excluding hydrogens is 432 g/mol. The van der Waals surface area contributed by atoms with Crippen molar-refractivity contribution in [3.05, 3.63) is 48.8 Å². The van der Waals surface area contributed by atoms with Crippen molar-refractivity contribution < 1.29 is 14.2 Å². The van der Waals surface area contributed by atoms with Gasteiger partial charge in [-0.05, 0) is 31.2 Å². The number of nitrogens with one attached hydrogen (secondary N) is 1. The van der Waals surface area contributed by atoms with E-state index < -0.39 is 0 Å². The Bertz CT molecular complexity index is 1300. The van der Waals surface area contributed by atoms with E-state index in [2.05, 4.69) is 37.3 Å². The van der Waals surface area contributed by atoms with Gasteiger partial charge in [0.15, 0.2) is 11.5 Å². The third-order valence-electron chi connectivity index (χ3n) is 6.09. The van der Waals surface area contributed by atoms with Crippen LogP contribution in [0.15, 0.2) is 48.8 Å². The van der Waals surface area contributed by atoms with E-state index in [1.54, 1.807) is 26.6 Å². The van der Waals surface area contributed by atoms with Crippen molar-refractivity contribution in [3.8, 4) is 17.4 Å². The first kappa shape index (κ1) is 22.1. The van der Waals surface area contributed by atoms with Gasteiger partial charge >= 0.3 is 0 Å². The Hall–Kier alpha value is -3.72. The molecule has 0 bridgehead atoms. The van der Waals surface area contributed by atoms with Crippen molar-refractivity contribution in [2.24, 2.45) is 0 Å². The molecule has 2 aromatic heterocycles. The van der Waals surface area contributed by atoms with Crippen LogP contribution in [0.5, 0.6) is 17.4 Å². The van der Waals surface area contributed by atoms with Crippen LogP contribution in [0.1, 0.15) is 13.3 Å². The number of hydrogen-bond donors (Lipinski definition) is 1. The third kappa shape index (κ3) is 4.26. The van der Waals surface area contributed by atoms with E-state index in [-0.39, 0.29) is 12.1 Å². The van der Waals surface area contributed by atoms with Crippen LogP contribution < -0.4 is 24.4 Å². The van der Waals surface area contributed by atoms with Gasteiger partial charge in [0.25, 0.3) is 0 Å². The Morgan fingerprint density at radius 3 is 2.59 bits per heavy atom. The van der Waals surface area contributed by atoms with Crippen molar-refractivity contribution in [3.63, 3.8) is 0 Å². The highest BCUT2D eigenvalue weighted by Gasteiger charge is 2.35. The van der Waals surface area contributed by atoms with Gasteiger partial charge in [-0.15, -0.1) is 0 Å². The normalized spacial score (nSPS) is 17.9.